The van der Waals surface area contributed by atoms with Gasteiger partial charge in [-0.25, -0.2) is 4.98 Å². The predicted molar refractivity (Wildman–Crippen MR) is 178 cm³/mol. The number of benzene rings is 2. The lowest BCUT2D eigenvalue weighted by atomic mass is 9.79. The number of aryl methyl sites for hydroxylation is 2. The third-order valence-electron chi connectivity index (χ3n) is 9.19. The predicted octanol–water partition coefficient (Wildman–Crippen LogP) is 3.49. The minimum absolute atomic E-state index is 0.0662. The van der Waals surface area contributed by atoms with Gasteiger partial charge in [0, 0.05) is 38.8 Å². The second-order valence-corrected chi connectivity index (χ2v) is 12.8. The first-order valence-corrected chi connectivity index (χ1v) is 16.5. The first-order valence-electron chi connectivity index (χ1n) is 16.5. The molecule has 0 spiro atoms. The number of amides is 4. The number of piperidine rings is 1. The lowest BCUT2D eigenvalue weighted by Crippen LogP contribution is -2.56. The quantitative estimate of drug-likeness (QED) is 0.301. The van der Waals surface area contributed by atoms with Crippen molar-refractivity contribution in [3.8, 4) is 11.5 Å². The van der Waals surface area contributed by atoms with Crippen molar-refractivity contribution in [3.63, 3.8) is 0 Å². The number of ether oxygens (including phenoxy) is 2. The highest BCUT2D eigenvalue weighted by molar-refractivity contribution is 5.96. The highest BCUT2D eigenvalue weighted by Gasteiger charge is 2.48. The molecule has 12 nitrogen and oxygen atoms in total. The number of nitrogens with zero attached hydrogens (tertiary/aromatic N) is 3. The number of likely N-dealkylation sites (tertiary alicyclic amines) is 2. The molecule has 5 rings (SSSR count). The average molecular weight is 660 g/mol. The van der Waals surface area contributed by atoms with E-state index in [1.54, 1.807) is 42.0 Å². The van der Waals surface area contributed by atoms with Crippen molar-refractivity contribution in [3.05, 3.63) is 77.5 Å². The lowest BCUT2D eigenvalue weighted by Gasteiger charge is -2.39. The maximum atomic E-state index is 14.1. The van der Waals surface area contributed by atoms with Crippen LogP contribution in [0.15, 0.2) is 59.3 Å². The van der Waals surface area contributed by atoms with Crippen LogP contribution in [0.5, 0.6) is 11.5 Å². The molecule has 3 heterocycles. The van der Waals surface area contributed by atoms with Crippen LogP contribution in [0.1, 0.15) is 58.9 Å². The Kier molecular flexibility index (Phi) is 11.0. The summed E-state index contributed by atoms with van der Waals surface area (Å²) in [6, 6.07) is 14.3. The number of carbonyl (C=O) groups excluding carboxylic acids is 4. The Morgan fingerprint density at radius 3 is 2.35 bits per heavy atom. The molecule has 256 valence electrons. The van der Waals surface area contributed by atoms with Crippen LogP contribution in [0.4, 0.5) is 0 Å². The first-order chi connectivity index (χ1) is 23.1. The summed E-state index contributed by atoms with van der Waals surface area (Å²) in [5.41, 5.74) is 2.05. The van der Waals surface area contributed by atoms with E-state index in [2.05, 4.69) is 15.6 Å². The van der Waals surface area contributed by atoms with Crippen LogP contribution < -0.4 is 20.1 Å². The minimum atomic E-state index is -0.745. The maximum Gasteiger partial charge on any atom is 0.291 e. The fraction of sp³-hybridized carbons (Fsp3) is 0.472. The SMILES string of the molecule is CNC(=O)[C@H](CCCc1ccccc1)NC(=O)C1CN(C(=O)c2ocnc2C)CC2CN(C(=O)c3ccc(OC(C)C)c(OC)c3)CC21. The van der Waals surface area contributed by atoms with Gasteiger partial charge in [-0.1, -0.05) is 30.3 Å². The van der Waals surface area contributed by atoms with Gasteiger partial charge in [0.25, 0.3) is 11.8 Å². The zero-order valence-electron chi connectivity index (χ0n) is 28.2. The van der Waals surface area contributed by atoms with E-state index in [9.17, 15) is 19.2 Å². The number of methoxy groups -OCH3 is 1. The summed E-state index contributed by atoms with van der Waals surface area (Å²) < 4.78 is 16.7. The van der Waals surface area contributed by atoms with Crippen molar-refractivity contribution >= 4 is 23.6 Å². The second kappa shape index (κ2) is 15.4. The molecule has 0 saturated carbocycles. The van der Waals surface area contributed by atoms with Gasteiger partial charge in [0.05, 0.1) is 24.8 Å². The van der Waals surface area contributed by atoms with E-state index in [1.807, 2.05) is 44.2 Å². The van der Waals surface area contributed by atoms with Crippen molar-refractivity contribution in [2.45, 2.75) is 52.2 Å². The van der Waals surface area contributed by atoms with Gasteiger partial charge in [0.1, 0.15) is 6.04 Å². The highest BCUT2D eigenvalue weighted by Crippen LogP contribution is 2.38. The van der Waals surface area contributed by atoms with E-state index in [1.165, 1.54) is 13.5 Å². The lowest BCUT2D eigenvalue weighted by molar-refractivity contribution is -0.133. The van der Waals surface area contributed by atoms with E-state index < -0.39 is 12.0 Å². The smallest absolute Gasteiger partial charge is 0.291 e. The maximum absolute atomic E-state index is 14.1. The second-order valence-electron chi connectivity index (χ2n) is 12.8. The van der Waals surface area contributed by atoms with Gasteiger partial charge < -0.3 is 34.3 Å². The minimum Gasteiger partial charge on any atom is -0.493 e. The standard InChI is InChI=1S/C36H45N5O7/c1-22(2)48-30-15-14-25(16-31(30)46-5)35(44)40-17-26-18-41(36(45)32-23(3)38-21-47-32)20-28(27(26)19-40)33(42)39-29(34(43)37-4)13-9-12-24-10-7-6-8-11-24/h6-8,10-11,14-16,21-22,26-29H,9,12-13,17-20H2,1-5H3,(H,37,43)(H,39,42)/t26?,27?,28?,29-/m0/s1. The summed E-state index contributed by atoms with van der Waals surface area (Å²) in [7, 11) is 3.08. The molecule has 2 aliphatic rings. The fourth-order valence-electron chi connectivity index (χ4n) is 6.75. The number of oxazole rings is 1. The number of likely N-dealkylation sites (N-methyl/N-ethyl adjacent to an activating group) is 1. The molecule has 1 aromatic heterocycles. The van der Waals surface area contributed by atoms with Gasteiger partial charge in [-0.15, -0.1) is 0 Å². The van der Waals surface area contributed by atoms with Gasteiger partial charge in [-0.05, 0) is 75.6 Å². The monoisotopic (exact) mass is 659 g/mol. The molecule has 0 radical (unpaired) electrons. The van der Waals surface area contributed by atoms with Crippen molar-refractivity contribution in [2.75, 3.05) is 40.3 Å². The van der Waals surface area contributed by atoms with Crippen LogP contribution in [-0.2, 0) is 16.0 Å². The molecule has 2 fully saturated rings. The Labute approximate surface area is 281 Å². The van der Waals surface area contributed by atoms with E-state index in [-0.39, 0.29) is 53.9 Å². The van der Waals surface area contributed by atoms with Gasteiger partial charge in [0.15, 0.2) is 17.9 Å². The number of aromatic nitrogens is 1. The molecule has 2 N–H and O–H groups in total. The molecule has 0 bridgehead atoms. The van der Waals surface area contributed by atoms with Gasteiger partial charge in [-0.2, -0.15) is 0 Å². The summed E-state index contributed by atoms with van der Waals surface area (Å²) >= 11 is 0. The van der Waals surface area contributed by atoms with Gasteiger partial charge in [0.2, 0.25) is 17.6 Å². The Morgan fingerprint density at radius 1 is 0.979 bits per heavy atom. The molecule has 2 aliphatic heterocycles. The topological polar surface area (TPSA) is 143 Å². The molecular weight excluding hydrogens is 614 g/mol. The van der Waals surface area contributed by atoms with Crippen molar-refractivity contribution in [1.29, 1.82) is 0 Å². The third kappa shape index (κ3) is 7.80. The van der Waals surface area contributed by atoms with E-state index in [0.29, 0.717) is 55.2 Å². The number of fused-ring (bicyclic) bond motifs is 1. The molecule has 3 unspecified atom stereocenters. The summed E-state index contributed by atoms with van der Waals surface area (Å²) in [5, 5.41) is 5.67. The molecule has 2 aromatic carbocycles. The fourth-order valence-corrected chi connectivity index (χ4v) is 6.75. The Balaban J connectivity index is 1.36. The van der Waals surface area contributed by atoms with Crippen molar-refractivity contribution in [1.82, 2.24) is 25.4 Å². The van der Waals surface area contributed by atoms with Crippen LogP contribution in [0.3, 0.4) is 0 Å². The number of carbonyl (C=O) groups is 4. The highest BCUT2D eigenvalue weighted by atomic mass is 16.5. The molecule has 4 amide bonds. The Hall–Kier alpha value is -4.87. The van der Waals surface area contributed by atoms with E-state index in [0.717, 1.165) is 12.0 Å². The molecule has 0 aliphatic carbocycles. The van der Waals surface area contributed by atoms with Crippen LogP contribution in [0.25, 0.3) is 0 Å². The van der Waals surface area contributed by atoms with Crippen molar-refractivity contribution in [2.24, 2.45) is 17.8 Å². The molecule has 4 atom stereocenters. The van der Waals surface area contributed by atoms with Crippen molar-refractivity contribution < 1.29 is 33.1 Å². The zero-order valence-corrected chi connectivity index (χ0v) is 28.2. The number of rotatable bonds is 12. The van der Waals surface area contributed by atoms with Crippen LogP contribution in [0, 0.1) is 24.7 Å². The third-order valence-corrected chi connectivity index (χ3v) is 9.19. The van der Waals surface area contributed by atoms with Crippen LogP contribution in [-0.4, -0.2) is 90.9 Å². The molecular formula is C36H45N5O7. The normalized spacial score (nSPS) is 19.4. The summed E-state index contributed by atoms with van der Waals surface area (Å²) in [4.78, 5) is 61.8. The summed E-state index contributed by atoms with van der Waals surface area (Å²) in [5.74, 6) is -1.11. The largest absolute Gasteiger partial charge is 0.493 e. The number of hydrogen-bond acceptors (Lipinski definition) is 8. The Bertz CT molecular complexity index is 1610. The number of hydrogen-bond donors (Lipinski definition) is 2. The van der Waals surface area contributed by atoms with Crippen LogP contribution >= 0.6 is 0 Å². The summed E-state index contributed by atoms with van der Waals surface area (Å²) in [6.45, 7) is 6.67. The number of nitrogens with one attached hydrogen (secondary N) is 2. The van der Waals surface area contributed by atoms with Gasteiger partial charge >= 0.3 is 0 Å². The molecule has 3 aromatic rings. The van der Waals surface area contributed by atoms with Crippen LogP contribution in [0.2, 0.25) is 0 Å². The van der Waals surface area contributed by atoms with E-state index >= 15 is 0 Å². The first kappa shape index (κ1) is 34.5. The van der Waals surface area contributed by atoms with E-state index in [4.69, 9.17) is 13.9 Å². The zero-order chi connectivity index (χ0) is 34.4. The molecule has 2 saturated heterocycles. The van der Waals surface area contributed by atoms with Gasteiger partial charge in [-0.3, -0.25) is 19.2 Å². The Morgan fingerprint density at radius 2 is 1.71 bits per heavy atom. The molecule has 12 heteroatoms. The molecule has 48 heavy (non-hydrogen) atoms. The average Bonchev–Trinajstić information content (AvgIpc) is 3.72. The summed E-state index contributed by atoms with van der Waals surface area (Å²) in [6.07, 6.45) is 3.07.